The van der Waals surface area contributed by atoms with Gasteiger partial charge < -0.3 is 129 Å². The smallest absolute Gasteiger partial charge is 0.291 e. The van der Waals surface area contributed by atoms with Gasteiger partial charge in [-0.15, -0.1) is 21.5 Å². The highest BCUT2D eigenvalue weighted by Crippen LogP contribution is 2.40. The molecule has 0 unspecified atom stereocenters. The van der Waals surface area contributed by atoms with Gasteiger partial charge in [0.2, 0.25) is 41.2 Å². The number of amides is 10. The second-order valence-electron chi connectivity index (χ2n) is 36.1. The van der Waals surface area contributed by atoms with Gasteiger partial charge in [-0.3, -0.25) is 57.5 Å². The molecule has 0 saturated carbocycles. The predicted octanol–water partition coefficient (Wildman–Crippen LogP) is 11.2. The molecule has 0 saturated heterocycles. The van der Waals surface area contributed by atoms with Crippen LogP contribution in [0.4, 0.5) is 34.4 Å². The van der Waals surface area contributed by atoms with Crippen LogP contribution in [0.15, 0.2) is 133 Å². The molecule has 1 aliphatic heterocycles. The summed E-state index contributed by atoms with van der Waals surface area (Å²) in [5.41, 5.74) is 8.67. The number of unbranched alkanes of at least 4 members (excludes halogenated alkanes) is 12. The molecule has 0 aliphatic carbocycles. The van der Waals surface area contributed by atoms with Crippen LogP contribution in [0, 0.1) is 20.8 Å². The van der Waals surface area contributed by atoms with E-state index in [0.29, 0.717) is 141 Å². The van der Waals surface area contributed by atoms with Crippen LogP contribution in [0.5, 0.6) is 5.75 Å². The number of carbonyl (C=O) groups excluding carboxylic acids is 10. The number of aryl methyl sites for hydroxylation is 7. The van der Waals surface area contributed by atoms with Gasteiger partial charge >= 0.3 is 0 Å². The number of aromatic nitrogens is 12. The van der Waals surface area contributed by atoms with Gasteiger partial charge in [0.25, 0.3) is 29.5 Å². The summed E-state index contributed by atoms with van der Waals surface area (Å²) in [7, 11) is 8.04. The van der Waals surface area contributed by atoms with E-state index in [1.54, 1.807) is 87.8 Å². The highest BCUT2D eigenvalue weighted by Gasteiger charge is 2.34. The normalized spacial score (nSPS) is 12.2. The lowest BCUT2D eigenvalue weighted by molar-refractivity contribution is -0.121. The second kappa shape index (κ2) is 61.1. The van der Waals surface area contributed by atoms with E-state index in [2.05, 4.69) is 133 Å². The molecule has 44 heteroatoms. The minimum absolute atomic E-state index is 0.00956. The molecule has 149 heavy (non-hydrogen) atoms. The van der Waals surface area contributed by atoms with Gasteiger partial charge in [0, 0.05) is 169 Å². The summed E-state index contributed by atoms with van der Waals surface area (Å²) in [6.07, 6.45) is 28.5. The van der Waals surface area contributed by atoms with E-state index < -0.39 is 47.4 Å². The summed E-state index contributed by atoms with van der Waals surface area (Å²) in [4.78, 5) is 153. The van der Waals surface area contributed by atoms with Crippen molar-refractivity contribution in [3.05, 3.63) is 196 Å². The van der Waals surface area contributed by atoms with Crippen molar-refractivity contribution in [2.24, 2.45) is 40.2 Å². The molecule has 0 bridgehead atoms. The molecule has 0 spiro atoms. The SMILES string of the molecule is Cc1sc2c(c1C)C(c1ccc(NC(=O)CCCCCCCCCCCCCCCNCCc3c[nH]c4ccccc34)cc1)=N[C@@H](CC(=O)Nc1ccc(OCCOCCOCCOCCOCCOCCOCCOCCOCCNC(=O)CCNC(=O)c3nc(NC(=O)CCNC(=O)c4cc(NC(=O)c5nc(NC(=O)CCNC(=O)c6cc(NC(=O)c7nccn7C)cn6C)cn5C)cn4C)cn3C)cc1)c1nnc(C)n1-2. The van der Waals surface area contributed by atoms with Gasteiger partial charge in [0.05, 0.1) is 129 Å². The first-order valence-electron chi connectivity index (χ1n) is 51.0. The Hall–Kier alpha value is -14.0. The fraction of sp³-hybridized carbons (Fsp3) is 0.486. The largest absolute Gasteiger partial charge is 0.491 e. The number of imidazole rings is 3. The maximum absolute atomic E-state index is 13.9. The Morgan fingerprint density at radius 3 is 1.42 bits per heavy atom. The van der Waals surface area contributed by atoms with E-state index in [-0.39, 0.29) is 122 Å². The summed E-state index contributed by atoms with van der Waals surface area (Å²) in [6, 6.07) is 25.8. The molecule has 8 aromatic heterocycles. The third kappa shape index (κ3) is 37.1. The van der Waals surface area contributed by atoms with Crippen molar-refractivity contribution < 1.29 is 90.6 Å². The molecule has 10 amide bonds. The lowest BCUT2D eigenvalue weighted by atomic mass is 9.99. The quantitative estimate of drug-likeness (QED) is 0.0158. The monoisotopic (exact) mass is 2080 g/mol. The molecule has 12 N–H and O–H groups in total. The van der Waals surface area contributed by atoms with Crippen molar-refractivity contribution in [1.29, 1.82) is 0 Å². The molecule has 12 rings (SSSR count). The summed E-state index contributed by atoms with van der Waals surface area (Å²) in [6.45, 7) is 14.7. The van der Waals surface area contributed by atoms with E-state index in [1.807, 2.05) is 35.8 Å². The first-order chi connectivity index (χ1) is 72.4. The Labute approximate surface area is 870 Å². The van der Waals surface area contributed by atoms with Crippen molar-refractivity contribution in [1.82, 2.24) is 84.1 Å². The maximum Gasteiger partial charge on any atom is 0.291 e. The Balaban J connectivity index is 0.405. The van der Waals surface area contributed by atoms with Crippen LogP contribution < -0.4 is 63.2 Å². The summed E-state index contributed by atoms with van der Waals surface area (Å²) in [5.74, 6) is -1.97. The molecule has 11 aromatic rings. The lowest BCUT2D eigenvalue weighted by Gasteiger charge is -2.14. The van der Waals surface area contributed by atoms with E-state index >= 15 is 0 Å². The van der Waals surface area contributed by atoms with Crippen molar-refractivity contribution in [3.8, 4) is 10.8 Å². The molecule has 43 nitrogen and oxygen atoms in total. The number of nitrogens with one attached hydrogen (secondary N) is 12. The van der Waals surface area contributed by atoms with Crippen LogP contribution >= 0.6 is 11.3 Å². The fourth-order valence-electron chi connectivity index (χ4n) is 16.5. The zero-order valence-corrected chi connectivity index (χ0v) is 87.2. The van der Waals surface area contributed by atoms with Gasteiger partial charge in [0.1, 0.15) is 40.6 Å². The van der Waals surface area contributed by atoms with Crippen molar-refractivity contribution in [2.45, 2.75) is 149 Å². The number of nitrogens with zero attached hydrogens (tertiary/aromatic N) is 12. The molecule has 9 heterocycles. The van der Waals surface area contributed by atoms with Gasteiger partial charge in [-0.1, -0.05) is 101 Å². The fourth-order valence-corrected chi connectivity index (χ4v) is 17.8. The number of H-pyrrole nitrogens is 1. The molecule has 0 fully saturated rings. The van der Waals surface area contributed by atoms with E-state index in [4.69, 9.17) is 47.6 Å². The standard InChI is InChI=1S/C105H142N24O19S/c1-72-73(2)149-105-94(72)95(75-27-29-77(30-28-75)113-90(131)26-20-18-16-14-12-10-9-11-13-15-17-19-23-39-106-40-35-76-67-112-83-25-22-21-24-82(76)83)117-84(96-123-122-74(3)129(96)105)66-93(134)114-78-31-33-81(34-32-78)148-63-62-147-61-60-146-59-58-145-57-56-144-55-54-143-53-52-142-51-50-141-49-48-140-47-45-107-89(130)36-41-111-102(137)98-120-87(70-127(98)7)118-91(132)37-42-110-101(136)86-65-80(69-126(86)6)116-104(139)99-121-88(71-128(99)8)119-92(133)38-43-109-100(135)85-64-79(68-125(85)5)115-103(138)97-108-44-46-124(97)4/h21-22,24-25,27-34,44,46,64-65,67-71,84,106,112H,9-20,23,26,35-43,45,47-63,66H2,1-8H3,(H,107,130)(H,109,135)(H,110,136)(H,111,137)(H,113,131)(H,114,134)(H,115,138)(H,116,139)(H,118,132)(H,119,133)/t84-/m0/s1. The van der Waals surface area contributed by atoms with Crippen LogP contribution in [0.25, 0.3) is 15.9 Å². The van der Waals surface area contributed by atoms with Crippen LogP contribution in [-0.4, -0.2) is 274 Å². The molecule has 0 radical (unpaired) electrons. The zero-order valence-electron chi connectivity index (χ0n) is 86.4. The lowest BCUT2D eigenvalue weighted by Crippen LogP contribution is -2.33. The average Bonchev–Trinajstić information content (AvgIpc) is 1.58. The highest BCUT2D eigenvalue weighted by atomic mass is 32.1. The molecule has 3 aromatic carbocycles. The van der Waals surface area contributed by atoms with Gasteiger partial charge in [-0.05, 0) is 119 Å². The highest BCUT2D eigenvalue weighted by molar-refractivity contribution is 7.15. The molecule has 1 atom stereocenters. The Morgan fingerprint density at radius 2 is 0.879 bits per heavy atom. The van der Waals surface area contributed by atoms with Crippen molar-refractivity contribution >= 4 is 121 Å². The minimum Gasteiger partial charge on any atom is -0.491 e. The number of ether oxygens (including phenoxy) is 9. The number of benzene rings is 3. The first-order valence-corrected chi connectivity index (χ1v) is 51.8. The second-order valence-corrected chi connectivity index (χ2v) is 37.3. The third-order valence-corrected chi connectivity index (χ3v) is 25.7. The van der Waals surface area contributed by atoms with Crippen molar-refractivity contribution in [3.63, 3.8) is 0 Å². The Kier molecular flexibility index (Phi) is 46.7. The molecular weight excluding hydrogens is 1930 g/mol. The number of anilines is 6. The number of rotatable bonds is 70. The first kappa shape index (κ1) is 114. The van der Waals surface area contributed by atoms with Gasteiger partial charge in [0.15, 0.2) is 23.3 Å². The van der Waals surface area contributed by atoms with Gasteiger partial charge in [-0.25, -0.2) is 15.0 Å². The Bertz CT molecular complexity index is 6190. The number of carbonyl (C=O) groups is 10. The summed E-state index contributed by atoms with van der Waals surface area (Å²) < 4.78 is 60.2. The van der Waals surface area contributed by atoms with Crippen LogP contribution in [0.1, 0.15) is 213 Å². The maximum atomic E-state index is 13.9. The van der Waals surface area contributed by atoms with E-state index in [1.165, 1.54) is 136 Å². The van der Waals surface area contributed by atoms with Crippen molar-refractivity contribution in [2.75, 3.05) is 183 Å². The number of aromatic amines is 1. The number of hydrogen-bond acceptors (Lipinski definition) is 27. The Morgan fingerprint density at radius 1 is 0.409 bits per heavy atom. The number of fused-ring (bicyclic) bond motifs is 4. The average molecular weight is 2080 g/mol. The summed E-state index contributed by atoms with van der Waals surface area (Å²) in [5, 5.41) is 42.5. The molecule has 802 valence electrons. The topological polar surface area (TPSA) is 508 Å². The summed E-state index contributed by atoms with van der Waals surface area (Å²) >= 11 is 1.65. The van der Waals surface area contributed by atoms with Gasteiger partial charge in [-0.2, -0.15) is 0 Å². The minimum atomic E-state index is -0.649. The number of para-hydroxylation sites is 1. The van der Waals surface area contributed by atoms with E-state index in [9.17, 15) is 47.9 Å². The van der Waals surface area contributed by atoms with E-state index in [0.717, 1.165) is 76.7 Å². The molecule has 1 aliphatic rings. The molecular formula is C105H142N24O19S. The third-order valence-electron chi connectivity index (χ3n) is 24.5. The number of aliphatic imine (C=N–C) groups is 1. The zero-order chi connectivity index (χ0) is 105. The van der Waals surface area contributed by atoms with Crippen LogP contribution in [0.3, 0.4) is 0 Å². The van der Waals surface area contributed by atoms with Crippen LogP contribution in [-0.2, 0) is 104 Å². The predicted molar refractivity (Wildman–Crippen MR) is 566 cm³/mol. The number of hydrogen-bond donors (Lipinski definition) is 12. The number of thiophene rings is 1. The van der Waals surface area contributed by atoms with Crippen LogP contribution in [0.2, 0.25) is 0 Å².